The first-order valence-corrected chi connectivity index (χ1v) is 5.60. The van der Waals surface area contributed by atoms with E-state index in [-0.39, 0.29) is 6.04 Å². The third kappa shape index (κ3) is 2.86. The molecule has 1 aromatic rings. The van der Waals surface area contributed by atoms with Gasteiger partial charge in [-0.3, -0.25) is 4.98 Å². The predicted octanol–water partition coefficient (Wildman–Crippen LogP) is -0.00280. The molecule has 0 aliphatic heterocycles. The standard InChI is InChI=1S/C5H9N3O2S2/c1-4(8-12(6,9)10)5-2-7-3-11-5/h2-4,8H,1H3,(H2,6,9,10)/t4-/m0/s1. The van der Waals surface area contributed by atoms with Gasteiger partial charge in [0.05, 0.1) is 11.6 Å². The van der Waals surface area contributed by atoms with E-state index in [1.807, 2.05) is 0 Å². The van der Waals surface area contributed by atoms with Gasteiger partial charge in [-0.1, -0.05) is 0 Å². The molecule has 0 spiro atoms. The molecule has 0 saturated heterocycles. The summed E-state index contributed by atoms with van der Waals surface area (Å²) in [6.07, 6.45) is 1.60. The summed E-state index contributed by atoms with van der Waals surface area (Å²) in [7, 11) is -3.62. The lowest BCUT2D eigenvalue weighted by atomic mass is 10.3. The lowest BCUT2D eigenvalue weighted by Crippen LogP contribution is -2.32. The molecule has 0 aliphatic carbocycles. The maximum atomic E-state index is 10.6. The number of nitrogens with two attached hydrogens (primary N) is 1. The van der Waals surface area contributed by atoms with Gasteiger partial charge in [-0.2, -0.15) is 13.1 Å². The zero-order valence-electron chi connectivity index (χ0n) is 6.39. The largest absolute Gasteiger partial charge is 0.274 e. The van der Waals surface area contributed by atoms with Gasteiger partial charge < -0.3 is 0 Å². The molecule has 1 atom stereocenters. The van der Waals surface area contributed by atoms with Crippen LogP contribution in [0.1, 0.15) is 17.8 Å². The Balaban J connectivity index is 2.68. The van der Waals surface area contributed by atoms with E-state index in [1.54, 1.807) is 18.6 Å². The molecular weight excluding hydrogens is 198 g/mol. The minimum absolute atomic E-state index is 0.313. The third-order valence-electron chi connectivity index (χ3n) is 1.22. The van der Waals surface area contributed by atoms with Crippen LogP contribution in [-0.2, 0) is 10.2 Å². The monoisotopic (exact) mass is 207 g/mol. The summed E-state index contributed by atoms with van der Waals surface area (Å²) in [6.45, 7) is 1.71. The zero-order chi connectivity index (χ0) is 9.19. The van der Waals surface area contributed by atoms with Gasteiger partial charge in [0.25, 0.3) is 10.2 Å². The van der Waals surface area contributed by atoms with E-state index in [1.165, 1.54) is 11.3 Å². The fraction of sp³-hybridized carbons (Fsp3) is 0.400. The molecule has 68 valence electrons. The Bertz CT molecular complexity index is 332. The van der Waals surface area contributed by atoms with Crippen LogP contribution in [0.4, 0.5) is 0 Å². The van der Waals surface area contributed by atoms with Crippen molar-refractivity contribution in [1.82, 2.24) is 9.71 Å². The first-order chi connectivity index (χ1) is 5.49. The molecule has 0 aromatic carbocycles. The maximum Gasteiger partial charge on any atom is 0.274 e. The van der Waals surface area contributed by atoms with Crippen LogP contribution < -0.4 is 9.86 Å². The molecule has 0 radical (unpaired) electrons. The van der Waals surface area contributed by atoms with Crippen LogP contribution in [0.5, 0.6) is 0 Å². The molecule has 3 N–H and O–H groups in total. The molecule has 1 rings (SSSR count). The van der Waals surface area contributed by atoms with Crippen molar-refractivity contribution in [3.8, 4) is 0 Å². The molecular formula is C5H9N3O2S2. The van der Waals surface area contributed by atoms with Crippen LogP contribution in [0.3, 0.4) is 0 Å². The van der Waals surface area contributed by atoms with E-state index in [4.69, 9.17) is 5.14 Å². The van der Waals surface area contributed by atoms with Crippen LogP contribution in [0.15, 0.2) is 11.7 Å². The predicted molar refractivity (Wildman–Crippen MR) is 46.8 cm³/mol. The van der Waals surface area contributed by atoms with Crippen LogP contribution in [-0.4, -0.2) is 13.4 Å². The molecule has 1 aromatic heterocycles. The molecule has 0 aliphatic rings. The summed E-state index contributed by atoms with van der Waals surface area (Å²) in [4.78, 5) is 4.65. The molecule has 7 heteroatoms. The summed E-state index contributed by atoms with van der Waals surface area (Å²) >= 11 is 1.38. The fourth-order valence-corrected chi connectivity index (χ4v) is 2.07. The number of hydrogen-bond acceptors (Lipinski definition) is 4. The SMILES string of the molecule is C[C@H](NS(N)(=O)=O)c1cncs1. The van der Waals surface area contributed by atoms with Crippen LogP contribution in [0, 0.1) is 0 Å². The Labute approximate surface area is 74.8 Å². The first-order valence-electron chi connectivity index (χ1n) is 3.17. The van der Waals surface area contributed by atoms with Crippen molar-refractivity contribution < 1.29 is 8.42 Å². The van der Waals surface area contributed by atoms with Crippen LogP contribution in [0.2, 0.25) is 0 Å². The smallest absolute Gasteiger partial charge is 0.253 e. The van der Waals surface area contributed by atoms with Crippen molar-refractivity contribution in [3.05, 3.63) is 16.6 Å². The van der Waals surface area contributed by atoms with Crippen LogP contribution >= 0.6 is 11.3 Å². The van der Waals surface area contributed by atoms with Gasteiger partial charge in [-0.05, 0) is 6.92 Å². The van der Waals surface area contributed by atoms with E-state index in [2.05, 4.69) is 9.71 Å². The van der Waals surface area contributed by atoms with E-state index < -0.39 is 10.2 Å². The molecule has 0 bridgehead atoms. The number of nitrogens with zero attached hydrogens (tertiary/aromatic N) is 1. The normalized spacial score (nSPS) is 14.5. The minimum atomic E-state index is -3.62. The van der Waals surface area contributed by atoms with Gasteiger partial charge in [0, 0.05) is 11.1 Å². The third-order valence-corrected chi connectivity index (χ3v) is 2.86. The molecule has 0 fully saturated rings. The Kier molecular flexibility index (Phi) is 2.78. The average molecular weight is 207 g/mol. The number of nitrogens with one attached hydrogen (secondary N) is 1. The van der Waals surface area contributed by atoms with Gasteiger partial charge in [0.2, 0.25) is 0 Å². The second kappa shape index (κ2) is 3.48. The summed E-state index contributed by atoms with van der Waals surface area (Å²) in [5.41, 5.74) is 1.64. The highest BCUT2D eigenvalue weighted by Crippen LogP contribution is 2.16. The number of thiazole rings is 1. The van der Waals surface area contributed by atoms with Crippen molar-refractivity contribution in [2.75, 3.05) is 0 Å². The Morgan fingerprint density at radius 1 is 1.75 bits per heavy atom. The minimum Gasteiger partial charge on any atom is -0.253 e. The van der Waals surface area contributed by atoms with Crippen molar-refractivity contribution in [2.24, 2.45) is 5.14 Å². The van der Waals surface area contributed by atoms with Gasteiger partial charge in [-0.15, -0.1) is 11.3 Å². The molecule has 0 unspecified atom stereocenters. The summed E-state index contributed by atoms with van der Waals surface area (Å²) in [5, 5.41) is 4.79. The lowest BCUT2D eigenvalue weighted by molar-refractivity contribution is 0.570. The summed E-state index contributed by atoms with van der Waals surface area (Å²) < 4.78 is 23.4. The molecule has 0 saturated carbocycles. The van der Waals surface area contributed by atoms with Crippen LogP contribution in [0.25, 0.3) is 0 Å². The topological polar surface area (TPSA) is 85.1 Å². The lowest BCUT2D eigenvalue weighted by Gasteiger charge is -2.07. The van der Waals surface area contributed by atoms with Crippen molar-refractivity contribution in [1.29, 1.82) is 0 Å². The van der Waals surface area contributed by atoms with Gasteiger partial charge in [-0.25, -0.2) is 5.14 Å². The number of rotatable bonds is 3. The Morgan fingerprint density at radius 2 is 2.42 bits per heavy atom. The second-order valence-corrected chi connectivity index (χ2v) is 4.53. The van der Waals surface area contributed by atoms with Gasteiger partial charge in [0.15, 0.2) is 0 Å². The van der Waals surface area contributed by atoms with Crippen molar-refractivity contribution in [2.45, 2.75) is 13.0 Å². The quantitative estimate of drug-likeness (QED) is 0.731. The van der Waals surface area contributed by atoms with Crippen molar-refractivity contribution in [3.63, 3.8) is 0 Å². The molecule has 1 heterocycles. The zero-order valence-corrected chi connectivity index (χ0v) is 8.02. The van der Waals surface area contributed by atoms with Crippen molar-refractivity contribution >= 4 is 21.5 Å². The number of aromatic nitrogens is 1. The fourth-order valence-electron chi connectivity index (χ4n) is 0.744. The highest BCUT2D eigenvalue weighted by Gasteiger charge is 2.11. The highest BCUT2D eigenvalue weighted by molar-refractivity contribution is 7.87. The second-order valence-electron chi connectivity index (χ2n) is 2.29. The van der Waals surface area contributed by atoms with Gasteiger partial charge in [0.1, 0.15) is 0 Å². The Hall–Kier alpha value is -0.500. The number of hydrogen-bond donors (Lipinski definition) is 2. The van der Waals surface area contributed by atoms with Gasteiger partial charge >= 0.3 is 0 Å². The Morgan fingerprint density at radius 3 is 2.83 bits per heavy atom. The maximum absolute atomic E-state index is 10.6. The average Bonchev–Trinajstić information content (AvgIpc) is 2.32. The first kappa shape index (κ1) is 9.59. The van der Waals surface area contributed by atoms with E-state index in [9.17, 15) is 8.42 Å². The molecule has 12 heavy (non-hydrogen) atoms. The highest BCUT2D eigenvalue weighted by atomic mass is 32.2. The van der Waals surface area contributed by atoms with E-state index in [0.717, 1.165) is 4.88 Å². The molecule has 0 amide bonds. The summed E-state index contributed by atoms with van der Waals surface area (Å²) in [5.74, 6) is 0. The van der Waals surface area contributed by atoms with E-state index >= 15 is 0 Å². The summed E-state index contributed by atoms with van der Waals surface area (Å²) in [6, 6.07) is -0.313. The van der Waals surface area contributed by atoms with E-state index in [0.29, 0.717) is 0 Å². The molecule has 5 nitrogen and oxygen atoms in total.